The third-order valence-corrected chi connectivity index (χ3v) is 11.9. The van der Waals surface area contributed by atoms with E-state index in [2.05, 4.69) is 10.0 Å². The van der Waals surface area contributed by atoms with Gasteiger partial charge in [-0.2, -0.15) is 16.5 Å². The summed E-state index contributed by atoms with van der Waals surface area (Å²) in [6.45, 7) is 2.16. The molecule has 6 rings (SSSR count). The van der Waals surface area contributed by atoms with Crippen molar-refractivity contribution in [3.05, 3.63) is 161 Å². The number of hydrogen-bond acceptors (Lipinski definition) is 8. The first-order valence-electron chi connectivity index (χ1n) is 18.0. The number of carbonyl (C=O) groups excluding carboxylic acids is 1. The average Bonchev–Trinajstić information content (AvgIpc) is 3.20. The summed E-state index contributed by atoms with van der Waals surface area (Å²) in [7, 11) is -3.97. The molecule has 9 nitrogen and oxygen atoms in total. The summed E-state index contributed by atoms with van der Waals surface area (Å²) in [4.78, 5) is 13.8. The third-order valence-electron chi connectivity index (χ3n) is 9.35. The number of aliphatic hydroxyl groups is 2. The molecule has 0 bridgehead atoms. The second-order valence-corrected chi connectivity index (χ2v) is 16.2. The Bertz CT molecular complexity index is 2060. The molecule has 1 saturated heterocycles. The van der Waals surface area contributed by atoms with E-state index in [9.17, 15) is 23.4 Å². The van der Waals surface area contributed by atoms with Gasteiger partial charge in [-0.05, 0) is 58.9 Å². The molecule has 282 valence electrons. The number of aliphatic hydroxyl groups excluding tert-OH is 2. The number of carbonyl (C=O) groups is 1. The van der Waals surface area contributed by atoms with Gasteiger partial charge in [0.2, 0.25) is 15.9 Å². The van der Waals surface area contributed by atoms with Gasteiger partial charge in [0.25, 0.3) is 0 Å². The van der Waals surface area contributed by atoms with Crippen molar-refractivity contribution in [1.82, 2.24) is 10.0 Å². The first kappa shape index (κ1) is 39.4. The molecular formula is C43H46N2O7S2. The fourth-order valence-corrected chi connectivity index (χ4v) is 8.36. The fourth-order valence-electron chi connectivity index (χ4n) is 6.39. The number of ether oxygens (including phenoxy) is 2. The highest BCUT2D eigenvalue weighted by atomic mass is 32.2. The van der Waals surface area contributed by atoms with Gasteiger partial charge in [-0.3, -0.25) is 4.79 Å². The summed E-state index contributed by atoms with van der Waals surface area (Å²) >= 11 is 1.64. The topological polar surface area (TPSA) is 134 Å². The van der Waals surface area contributed by atoms with Gasteiger partial charge in [0.15, 0.2) is 6.29 Å². The zero-order chi connectivity index (χ0) is 37.9. The lowest BCUT2D eigenvalue weighted by atomic mass is 9.97. The number of sulfonamides is 1. The third kappa shape index (κ3) is 10.5. The molecule has 1 amide bonds. The minimum atomic E-state index is -3.97. The average molecular weight is 767 g/mol. The van der Waals surface area contributed by atoms with Gasteiger partial charge in [-0.25, -0.2) is 8.42 Å². The van der Waals surface area contributed by atoms with Crippen LogP contribution in [0, 0.1) is 6.92 Å². The maximum absolute atomic E-state index is 13.7. The molecule has 0 aromatic heterocycles. The van der Waals surface area contributed by atoms with Gasteiger partial charge in [0.05, 0.1) is 30.3 Å². The molecule has 4 N–H and O–H groups in total. The molecule has 1 aliphatic heterocycles. The number of hydrogen-bond donors (Lipinski definition) is 4. The van der Waals surface area contributed by atoms with Crippen molar-refractivity contribution < 1.29 is 32.9 Å². The van der Waals surface area contributed by atoms with Crippen LogP contribution in [0.2, 0.25) is 0 Å². The van der Waals surface area contributed by atoms with Crippen LogP contribution in [0.1, 0.15) is 52.2 Å². The maximum Gasteiger partial charge on any atom is 0.241 e. The summed E-state index contributed by atoms with van der Waals surface area (Å²) in [6, 6.07) is 38.4. The van der Waals surface area contributed by atoms with Crippen LogP contribution in [0.4, 0.5) is 0 Å². The fraction of sp³-hybridized carbons (Fsp3) is 0.279. The van der Waals surface area contributed by atoms with Gasteiger partial charge < -0.3 is 25.0 Å². The van der Waals surface area contributed by atoms with Gasteiger partial charge in [0.1, 0.15) is 6.04 Å². The van der Waals surface area contributed by atoms with Crippen LogP contribution in [0.15, 0.2) is 132 Å². The molecular weight excluding hydrogens is 721 g/mol. The molecule has 0 unspecified atom stereocenters. The van der Waals surface area contributed by atoms with E-state index < -0.39 is 28.3 Å². The van der Waals surface area contributed by atoms with Gasteiger partial charge in [-0.1, -0.05) is 121 Å². The number of nitrogens with one attached hydrogen (secondary N) is 2. The molecule has 0 saturated carbocycles. The highest BCUT2D eigenvalue weighted by Crippen LogP contribution is 2.39. The van der Waals surface area contributed by atoms with Gasteiger partial charge in [-0.15, -0.1) is 0 Å². The minimum Gasteiger partial charge on any atom is -0.396 e. The van der Waals surface area contributed by atoms with E-state index in [1.807, 2.05) is 110 Å². The van der Waals surface area contributed by atoms with Crippen molar-refractivity contribution in [2.75, 3.05) is 18.1 Å². The Kier molecular flexibility index (Phi) is 13.7. The second-order valence-electron chi connectivity index (χ2n) is 13.3. The zero-order valence-electron chi connectivity index (χ0n) is 30.1. The lowest BCUT2D eigenvalue weighted by Gasteiger charge is -2.36. The molecule has 5 aromatic rings. The standard InChI is InChI=1S/C43H46N2O7S2/c1-30-11-21-38(22-12-30)54(49,50)45-40(25-31-7-3-2-4-8-31)42(48)44-27-36-9-5-6-10-39(36)33-17-19-35(20-18-33)43-51-37(29-53-24-23-46)26-41(52-43)34-15-13-32(28-47)14-16-34/h2-22,37,40-41,43,45-47H,23-29H2,1H3,(H,44,48)/t37-,40+,41+,43+/m0/s1. The van der Waals surface area contributed by atoms with Crippen LogP contribution in [0.3, 0.4) is 0 Å². The van der Waals surface area contributed by atoms with Crippen LogP contribution in [-0.2, 0) is 43.9 Å². The molecule has 1 aliphatic rings. The Morgan fingerprint density at radius 2 is 1.50 bits per heavy atom. The predicted molar refractivity (Wildman–Crippen MR) is 212 cm³/mol. The Balaban J connectivity index is 1.17. The number of aryl methyl sites for hydroxylation is 1. The number of rotatable bonds is 16. The van der Waals surface area contributed by atoms with Crippen molar-refractivity contribution in [2.24, 2.45) is 0 Å². The van der Waals surface area contributed by atoms with Gasteiger partial charge >= 0.3 is 0 Å². The first-order chi connectivity index (χ1) is 26.2. The molecule has 1 heterocycles. The lowest BCUT2D eigenvalue weighted by molar-refractivity contribution is -0.245. The van der Waals surface area contributed by atoms with E-state index >= 15 is 0 Å². The van der Waals surface area contributed by atoms with Crippen LogP contribution >= 0.6 is 11.8 Å². The smallest absolute Gasteiger partial charge is 0.241 e. The molecule has 0 spiro atoms. The van der Waals surface area contributed by atoms with E-state index in [0.717, 1.165) is 50.3 Å². The number of thioether (sulfide) groups is 1. The largest absolute Gasteiger partial charge is 0.396 e. The molecule has 4 atom stereocenters. The molecule has 1 fully saturated rings. The van der Waals surface area contributed by atoms with Crippen molar-refractivity contribution in [2.45, 2.75) is 62.4 Å². The molecule has 11 heteroatoms. The summed E-state index contributed by atoms with van der Waals surface area (Å²) in [5.41, 5.74) is 7.21. The van der Waals surface area contributed by atoms with E-state index in [-0.39, 0.29) is 43.3 Å². The van der Waals surface area contributed by atoms with E-state index in [1.54, 1.807) is 23.9 Å². The zero-order valence-corrected chi connectivity index (χ0v) is 31.8. The van der Waals surface area contributed by atoms with E-state index in [4.69, 9.17) is 9.47 Å². The second kappa shape index (κ2) is 18.8. The molecule has 0 radical (unpaired) electrons. The summed E-state index contributed by atoms with van der Waals surface area (Å²) < 4.78 is 42.3. The van der Waals surface area contributed by atoms with E-state index in [0.29, 0.717) is 12.2 Å². The molecule has 5 aromatic carbocycles. The van der Waals surface area contributed by atoms with Crippen molar-refractivity contribution in [1.29, 1.82) is 0 Å². The van der Waals surface area contributed by atoms with Crippen molar-refractivity contribution in [3.8, 4) is 11.1 Å². The van der Waals surface area contributed by atoms with Crippen LogP contribution < -0.4 is 10.0 Å². The highest BCUT2D eigenvalue weighted by Gasteiger charge is 2.32. The van der Waals surface area contributed by atoms with E-state index in [1.165, 1.54) is 12.1 Å². The Labute approximate surface area is 321 Å². The summed E-state index contributed by atoms with van der Waals surface area (Å²) in [6.07, 6.45) is -0.0346. The monoisotopic (exact) mass is 766 g/mol. The maximum atomic E-state index is 13.7. The van der Waals surface area contributed by atoms with Gasteiger partial charge in [0, 0.05) is 30.0 Å². The molecule has 0 aliphatic carbocycles. The van der Waals surface area contributed by atoms with Crippen molar-refractivity contribution in [3.63, 3.8) is 0 Å². The predicted octanol–water partition coefficient (Wildman–Crippen LogP) is 6.63. The van der Waals surface area contributed by atoms with Crippen LogP contribution in [0.5, 0.6) is 0 Å². The molecule has 54 heavy (non-hydrogen) atoms. The minimum absolute atomic E-state index is 0.0232. The number of amides is 1. The first-order valence-corrected chi connectivity index (χ1v) is 20.6. The Morgan fingerprint density at radius 3 is 2.20 bits per heavy atom. The Hall–Kier alpha value is -4.33. The highest BCUT2D eigenvalue weighted by molar-refractivity contribution is 7.99. The van der Waals surface area contributed by atoms with Crippen molar-refractivity contribution >= 4 is 27.7 Å². The SMILES string of the molecule is Cc1ccc(S(=O)(=O)N[C@H](Cc2ccccc2)C(=O)NCc2ccccc2-c2ccc([C@@H]3O[C@H](CSCCO)C[C@H](c4ccc(CO)cc4)O3)cc2)cc1. The Morgan fingerprint density at radius 1 is 0.815 bits per heavy atom. The quantitative estimate of drug-likeness (QED) is 0.0823. The summed E-state index contributed by atoms with van der Waals surface area (Å²) in [5.74, 6) is 0.924. The lowest BCUT2D eigenvalue weighted by Crippen LogP contribution is -2.47. The summed E-state index contributed by atoms with van der Waals surface area (Å²) in [5, 5.41) is 21.8. The van der Waals surface area contributed by atoms with Crippen LogP contribution in [0.25, 0.3) is 11.1 Å². The normalized spacial score (nSPS) is 17.9. The van der Waals surface area contributed by atoms with Crippen LogP contribution in [-0.4, -0.2) is 54.8 Å². The number of benzene rings is 5.